The highest BCUT2D eigenvalue weighted by Crippen LogP contribution is 2.38. The van der Waals surface area contributed by atoms with Crippen LogP contribution in [0.1, 0.15) is 30.5 Å². The van der Waals surface area contributed by atoms with Gasteiger partial charge in [-0.05, 0) is 37.1 Å². The monoisotopic (exact) mass is 406 g/mol. The van der Waals surface area contributed by atoms with Gasteiger partial charge >= 0.3 is 0 Å². The second-order valence-corrected chi connectivity index (χ2v) is 7.26. The number of fused-ring (bicyclic) bond motifs is 1. The molecule has 0 fully saturated rings. The van der Waals surface area contributed by atoms with Crippen LogP contribution in [0.2, 0.25) is 10.0 Å². The van der Waals surface area contributed by atoms with E-state index in [1.54, 1.807) is 23.1 Å². The first-order chi connectivity index (χ1) is 12.9. The number of rotatable bonds is 6. The van der Waals surface area contributed by atoms with E-state index in [9.17, 15) is 9.59 Å². The average molecular weight is 407 g/mol. The predicted octanol–water partition coefficient (Wildman–Crippen LogP) is 4.29. The third-order valence-corrected chi connectivity index (χ3v) is 4.92. The highest BCUT2D eigenvalue weighted by molar-refractivity contribution is 6.35. The van der Waals surface area contributed by atoms with Gasteiger partial charge in [0.15, 0.2) is 0 Å². The molecule has 0 spiro atoms. The van der Waals surface area contributed by atoms with Crippen molar-refractivity contribution < 1.29 is 14.3 Å². The molecule has 1 atom stereocenters. The Balaban J connectivity index is 1.68. The van der Waals surface area contributed by atoms with Crippen molar-refractivity contribution in [1.82, 2.24) is 5.32 Å². The van der Waals surface area contributed by atoms with E-state index in [-0.39, 0.29) is 11.8 Å². The third-order valence-electron chi connectivity index (χ3n) is 4.39. The zero-order chi connectivity index (χ0) is 19.6. The number of carbonyl (C=O) groups excluding carboxylic acids is 2. The van der Waals surface area contributed by atoms with Gasteiger partial charge in [0.1, 0.15) is 11.8 Å². The van der Waals surface area contributed by atoms with Crippen LogP contribution in [0.5, 0.6) is 5.75 Å². The summed E-state index contributed by atoms with van der Waals surface area (Å²) in [6.07, 6.45) is 0.616. The molecule has 0 saturated carbocycles. The number of amides is 2. The van der Waals surface area contributed by atoms with Crippen molar-refractivity contribution >= 4 is 40.7 Å². The zero-order valence-electron chi connectivity index (χ0n) is 15.1. The summed E-state index contributed by atoms with van der Waals surface area (Å²) < 4.78 is 5.70. The molecule has 0 radical (unpaired) electrons. The van der Waals surface area contributed by atoms with Gasteiger partial charge in [0.05, 0.1) is 17.3 Å². The number of para-hydroxylation sites is 1. The first-order valence-electron chi connectivity index (χ1n) is 8.64. The minimum absolute atomic E-state index is 0.126. The molecule has 0 aliphatic carbocycles. The summed E-state index contributed by atoms with van der Waals surface area (Å²) >= 11 is 12.0. The minimum atomic E-state index is -0.635. The van der Waals surface area contributed by atoms with Gasteiger partial charge in [0.2, 0.25) is 5.91 Å². The molecule has 1 unspecified atom stereocenters. The first-order valence-corrected chi connectivity index (χ1v) is 9.40. The van der Waals surface area contributed by atoms with Crippen LogP contribution in [0.15, 0.2) is 36.4 Å². The number of ether oxygens (including phenoxy) is 1. The normalized spacial score (nSPS) is 15.6. The number of nitrogens with one attached hydrogen (secondary N) is 1. The lowest BCUT2D eigenvalue weighted by Crippen LogP contribution is -2.37. The molecule has 2 amide bonds. The summed E-state index contributed by atoms with van der Waals surface area (Å²) in [6, 6.07) is 10.2. The van der Waals surface area contributed by atoms with Gasteiger partial charge in [-0.25, -0.2) is 0 Å². The fourth-order valence-electron chi connectivity index (χ4n) is 3.24. The van der Waals surface area contributed by atoms with E-state index in [0.29, 0.717) is 35.4 Å². The van der Waals surface area contributed by atoms with Gasteiger partial charge in [-0.1, -0.05) is 41.4 Å². The number of hydrogen-bond donors (Lipinski definition) is 1. The zero-order valence-corrected chi connectivity index (χ0v) is 16.6. The smallest absolute Gasteiger partial charge is 0.254 e. The lowest BCUT2D eigenvalue weighted by molar-refractivity contribution is -0.126. The van der Waals surface area contributed by atoms with Crippen molar-refractivity contribution in [2.75, 3.05) is 18.1 Å². The van der Waals surface area contributed by atoms with Crippen LogP contribution in [0.25, 0.3) is 0 Å². The van der Waals surface area contributed by atoms with Crippen LogP contribution in [0.3, 0.4) is 0 Å². The Labute approximate surface area is 168 Å². The molecular weight excluding hydrogens is 387 g/mol. The van der Waals surface area contributed by atoms with Gasteiger partial charge in [0.25, 0.3) is 5.91 Å². The lowest BCUT2D eigenvalue weighted by Gasteiger charge is -2.20. The van der Waals surface area contributed by atoms with E-state index in [2.05, 4.69) is 5.32 Å². The van der Waals surface area contributed by atoms with Gasteiger partial charge in [-0.15, -0.1) is 0 Å². The van der Waals surface area contributed by atoms with Crippen LogP contribution in [0, 0.1) is 6.92 Å². The van der Waals surface area contributed by atoms with E-state index in [0.717, 1.165) is 16.8 Å². The van der Waals surface area contributed by atoms with Crippen molar-refractivity contribution in [2.24, 2.45) is 0 Å². The van der Waals surface area contributed by atoms with Gasteiger partial charge in [0, 0.05) is 24.1 Å². The maximum Gasteiger partial charge on any atom is 0.254 e. The van der Waals surface area contributed by atoms with E-state index >= 15 is 0 Å². The van der Waals surface area contributed by atoms with Gasteiger partial charge in [-0.3, -0.25) is 9.59 Å². The van der Waals surface area contributed by atoms with Crippen molar-refractivity contribution in [2.45, 2.75) is 26.3 Å². The SMILES string of the molecule is CC(=O)NC1C(=O)N(CCCOc2ccc(Cl)cc2Cl)c2c(C)cccc21. The quantitative estimate of drug-likeness (QED) is 0.727. The number of aryl methyl sites for hydroxylation is 1. The second-order valence-electron chi connectivity index (χ2n) is 6.41. The fourth-order valence-corrected chi connectivity index (χ4v) is 3.71. The van der Waals surface area contributed by atoms with Crippen molar-refractivity contribution in [1.29, 1.82) is 0 Å². The molecule has 0 aromatic heterocycles. The molecule has 3 rings (SSSR count). The topological polar surface area (TPSA) is 58.6 Å². The highest BCUT2D eigenvalue weighted by Gasteiger charge is 2.38. The molecular formula is C20H20Cl2N2O3. The Morgan fingerprint density at radius 1 is 1.26 bits per heavy atom. The third kappa shape index (κ3) is 4.20. The molecule has 2 aromatic carbocycles. The van der Waals surface area contributed by atoms with Crippen LogP contribution >= 0.6 is 23.2 Å². The number of hydrogen-bond acceptors (Lipinski definition) is 3. The summed E-state index contributed by atoms with van der Waals surface area (Å²) in [5.74, 6) is 0.198. The molecule has 5 nitrogen and oxygen atoms in total. The molecule has 1 aliphatic rings. The Morgan fingerprint density at radius 3 is 2.74 bits per heavy atom. The largest absolute Gasteiger partial charge is 0.492 e. The maximum atomic E-state index is 12.8. The molecule has 2 aromatic rings. The van der Waals surface area contributed by atoms with Crippen LogP contribution in [0.4, 0.5) is 5.69 Å². The summed E-state index contributed by atoms with van der Waals surface area (Å²) in [7, 11) is 0. The van der Waals surface area contributed by atoms with Crippen molar-refractivity contribution in [3.63, 3.8) is 0 Å². The van der Waals surface area contributed by atoms with E-state index in [4.69, 9.17) is 27.9 Å². The molecule has 1 heterocycles. The van der Waals surface area contributed by atoms with Crippen LogP contribution < -0.4 is 15.0 Å². The maximum absolute atomic E-state index is 12.8. The number of nitrogens with zero attached hydrogens (tertiary/aromatic N) is 1. The molecule has 0 saturated heterocycles. The molecule has 27 heavy (non-hydrogen) atoms. The number of anilines is 1. The Bertz CT molecular complexity index is 886. The average Bonchev–Trinajstić information content (AvgIpc) is 2.86. The van der Waals surface area contributed by atoms with Crippen molar-refractivity contribution in [3.8, 4) is 5.75 Å². The molecule has 1 N–H and O–H groups in total. The Hall–Kier alpha value is -2.24. The minimum Gasteiger partial charge on any atom is -0.492 e. The molecule has 7 heteroatoms. The molecule has 0 bridgehead atoms. The Morgan fingerprint density at radius 2 is 2.04 bits per heavy atom. The summed E-state index contributed by atoms with van der Waals surface area (Å²) in [4.78, 5) is 26.1. The van der Waals surface area contributed by atoms with Gasteiger partial charge < -0.3 is 15.0 Å². The molecule has 142 valence electrons. The predicted molar refractivity (Wildman–Crippen MR) is 107 cm³/mol. The summed E-state index contributed by atoms with van der Waals surface area (Å²) in [5, 5.41) is 3.74. The van der Waals surface area contributed by atoms with Crippen molar-refractivity contribution in [3.05, 3.63) is 57.6 Å². The number of benzene rings is 2. The fraction of sp³-hybridized carbons (Fsp3) is 0.300. The lowest BCUT2D eigenvalue weighted by atomic mass is 10.1. The second kappa shape index (κ2) is 8.19. The number of halogens is 2. The van der Waals surface area contributed by atoms with E-state index in [1.165, 1.54) is 6.92 Å². The van der Waals surface area contributed by atoms with E-state index in [1.807, 2.05) is 25.1 Å². The highest BCUT2D eigenvalue weighted by atomic mass is 35.5. The summed E-state index contributed by atoms with van der Waals surface area (Å²) in [5.41, 5.74) is 2.69. The van der Waals surface area contributed by atoms with E-state index < -0.39 is 6.04 Å². The van der Waals surface area contributed by atoms with Gasteiger partial charge in [-0.2, -0.15) is 0 Å². The van der Waals surface area contributed by atoms with Crippen LogP contribution in [-0.2, 0) is 9.59 Å². The first kappa shape index (κ1) is 19.5. The molecule has 1 aliphatic heterocycles. The standard InChI is InChI=1S/C20H20Cl2N2O3/c1-12-5-3-6-15-18(23-13(2)25)20(26)24(19(12)15)9-4-10-27-17-8-7-14(21)11-16(17)22/h3,5-8,11,18H,4,9-10H2,1-2H3,(H,23,25). The summed E-state index contributed by atoms with van der Waals surface area (Å²) in [6.45, 7) is 4.25. The number of carbonyl (C=O) groups is 2. The van der Waals surface area contributed by atoms with Crippen LogP contribution in [-0.4, -0.2) is 25.0 Å². The Kier molecular flexibility index (Phi) is 5.92.